The lowest BCUT2D eigenvalue weighted by atomic mass is 10.3. The van der Waals surface area contributed by atoms with E-state index in [2.05, 4.69) is 5.16 Å². The second-order valence-electron chi connectivity index (χ2n) is 3.20. The molecule has 14 heavy (non-hydrogen) atoms. The quantitative estimate of drug-likeness (QED) is 0.719. The van der Waals surface area contributed by atoms with Gasteiger partial charge in [-0.05, 0) is 19.1 Å². The van der Waals surface area contributed by atoms with Gasteiger partial charge in [-0.3, -0.25) is 0 Å². The standard InChI is InChI=1S/C8H8F3NOS/c1-14-6-5(4-2-3-4)13-12-7(6)8(9,10)11/h4H,2-3H2,1H3. The predicted molar refractivity (Wildman–Crippen MR) is 45.3 cm³/mol. The summed E-state index contributed by atoms with van der Waals surface area (Å²) in [7, 11) is 0. The maximum atomic E-state index is 12.4. The summed E-state index contributed by atoms with van der Waals surface area (Å²) in [5.41, 5.74) is -0.882. The largest absolute Gasteiger partial charge is 0.437 e. The molecule has 1 aromatic rings. The van der Waals surface area contributed by atoms with Gasteiger partial charge in [-0.15, -0.1) is 11.8 Å². The van der Waals surface area contributed by atoms with Crippen LogP contribution < -0.4 is 0 Å². The van der Waals surface area contributed by atoms with Crippen LogP contribution >= 0.6 is 11.8 Å². The molecule has 1 heterocycles. The molecule has 2 rings (SSSR count). The summed E-state index contributed by atoms with van der Waals surface area (Å²) < 4.78 is 41.9. The van der Waals surface area contributed by atoms with Crippen molar-refractivity contribution in [3.63, 3.8) is 0 Å². The van der Waals surface area contributed by atoms with Crippen LogP contribution in [0.1, 0.15) is 30.2 Å². The zero-order chi connectivity index (χ0) is 10.3. The molecule has 0 saturated heterocycles. The summed E-state index contributed by atoms with van der Waals surface area (Å²) in [6.45, 7) is 0. The molecule has 78 valence electrons. The van der Waals surface area contributed by atoms with Crippen molar-refractivity contribution in [1.82, 2.24) is 5.16 Å². The third-order valence-electron chi connectivity index (χ3n) is 2.09. The summed E-state index contributed by atoms with van der Waals surface area (Å²) in [4.78, 5) is 0.153. The van der Waals surface area contributed by atoms with E-state index in [1.54, 1.807) is 6.26 Å². The minimum atomic E-state index is -4.41. The van der Waals surface area contributed by atoms with Crippen molar-refractivity contribution in [2.75, 3.05) is 6.26 Å². The predicted octanol–water partition coefficient (Wildman–Crippen LogP) is 3.29. The highest BCUT2D eigenvalue weighted by molar-refractivity contribution is 7.98. The molecule has 0 N–H and O–H groups in total. The Balaban J connectivity index is 2.41. The fourth-order valence-corrected chi connectivity index (χ4v) is 2.03. The summed E-state index contributed by atoms with van der Waals surface area (Å²) in [5.74, 6) is 0.561. The van der Waals surface area contributed by atoms with Crippen LogP contribution in [-0.4, -0.2) is 11.4 Å². The maximum Gasteiger partial charge on any atom is 0.437 e. The molecule has 0 radical (unpaired) electrons. The highest BCUT2D eigenvalue weighted by Crippen LogP contribution is 2.47. The first kappa shape index (κ1) is 9.89. The number of rotatable bonds is 2. The molecule has 0 atom stereocenters. The lowest BCUT2D eigenvalue weighted by molar-refractivity contribution is -0.144. The van der Waals surface area contributed by atoms with Crippen LogP contribution in [0.4, 0.5) is 13.2 Å². The van der Waals surface area contributed by atoms with Gasteiger partial charge in [0.15, 0.2) is 5.76 Å². The minimum absolute atomic E-state index is 0.153. The molecule has 6 heteroatoms. The average molecular weight is 223 g/mol. The number of aromatic nitrogens is 1. The molecule has 1 aliphatic rings. The Bertz CT molecular complexity index is 343. The Morgan fingerprint density at radius 3 is 2.50 bits per heavy atom. The van der Waals surface area contributed by atoms with E-state index in [9.17, 15) is 13.2 Å². The third kappa shape index (κ3) is 1.63. The van der Waals surface area contributed by atoms with E-state index < -0.39 is 11.9 Å². The molecule has 1 aliphatic carbocycles. The minimum Gasteiger partial charge on any atom is -0.359 e. The normalized spacial score (nSPS) is 17.4. The zero-order valence-corrected chi connectivity index (χ0v) is 8.21. The van der Waals surface area contributed by atoms with Crippen LogP contribution in [0, 0.1) is 0 Å². The van der Waals surface area contributed by atoms with Gasteiger partial charge in [0.2, 0.25) is 5.69 Å². The summed E-state index contributed by atoms with van der Waals surface area (Å²) in [6, 6.07) is 0. The zero-order valence-electron chi connectivity index (χ0n) is 7.39. The molecule has 0 aromatic carbocycles. The van der Waals surface area contributed by atoms with Crippen LogP contribution in [0.15, 0.2) is 9.42 Å². The van der Waals surface area contributed by atoms with E-state index in [0.717, 1.165) is 24.6 Å². The first-order valence-electron chi connectivity index (χ1n) is 4.14. The van der Waals surface area contributed by atoms with E-state index >= 15 is 0 Å². The molecule has 0 unspecified atom stereocenters. The van der Waals surface area contributed by atoms with Gasteiger partial charge in [0.25, 0.3) is 0 Å². The number of hydrogen-bond donors (Lipinski definition) is 0. The number of alkyl halides is 3. The first-order chi connectivity index (χ1) is 6.54. The number of thioether (sulfide) groups is 1. The molecular formula is C8H8F3NOS. The number of hydrogen-bond acceptors (Lipinski definition) is 3. The van der Waals surface area contributed by atoms with Crippen molar-refractivity contribution in [1.29, 1.82) is 0 Å². The van der Waals surface area contributed by atoms with Gasteiger partial charge in [-0.2, -0.15) is 13.2 Å². The van der Waals surface area contributed by atoms with Crippen LogP contribution in [0.2, 0.25) is 0 Å². The molecule has 0 amide bonds. The smallest absolute Gasteiger partial charge is 0.359 e. The van der Waals surface area contributed by atoms with Gasteiger partial charge >= 0.3 is 6.18 Å². The molecule has 1 fully saturated rings. The molecular weight excluding hydrogens is 215 g/mol. The monoisotopic (exact) mass is 223 g/mol. The Kier molecular flexibility index (Phi) is 2.25. The fraction of sp³-hybridized carbons (Fsp3) is 0.625. The Labute approximate surface area is 82.8 Å². The Morgan fingerprint density at radius 2 is 2.07 bits per heavy atom. The molecule has 0 spiro atoms. The van der Waals surface area contributed by atoms with Gasteiger partial charge in [0.05, 0.1) is 4.90 Å². The van der Waals surface area contributed by atoms with Crippen LogP contribution in [0.25, 0.3) is 0 Å². The molecule has 0 aliphatic heterocycles. The molecule has 1 saturated carbocycles. The van der Waals surface area contributed by atoms with E-state index in [4.69, 9.17) is 4.52 Å². The van der Waals surface area contributed by atoms with E-state index in [0.29, 0.717) is 5.76 Å². The molecule has 2 nitrogen and oxygen atoms in total. The van der Waals surface area contributed by atoms with Crippen molar-refractivity contribution < 1.29 is 17.7 Å². The number of nitrogens with zero attached hydrogens (tertiary/aromatic N) is 1. The maximum absolute atomic E-state index is 12.4. The van der Waals surface area contributed by atoms with E-state index in [-0.39, 0.29) is 10.8 Å². The van der Waals surface area contributed by atoms with E-state index in [1.807, 2.05) is 0 Å². The summed E-state index contributed by atoms with van der Waals surface area (Å²) in [6.07, 6.45) is -0.997. The van der Waals surface area contributed by atoms with Crippen LogP contribution in [0.3, 0.4) is 0 Å². The van der Waals surface area contributed by atoms with Crippen molar-refractivity contribution >= 4 is 11.8 Å². The second-order valence-corrected chi connectivity index (χ2v) is 4.02. The van der Waals surface area contributed by atoms with Gasteiger partial charge in [0.1, 0.15) is 0 Å². The summed E-state index contributed by atoms with van der Waals surface area (Å²) >= 11 is 1.05. The van der Waals surface area contributed by atoms with Crippen molar-refractivity contribution in [3.05, 3.63) is 11.5 Å². The van der Waals surface area contributed by atoms with Gasteiger partial charge in [-0.25, -0.2) is 0 Å². The van der Waals surface area contributed by atoms with Gasteiger partial charge in [0, 0.05) is 5.92 Å². The topological polar surface area (TPSA) is 26.0 Å². The summed E-state index contributed by atoms with van der Waals surface area (Å²) in [5, 5.41) is 3.10. The first-order valence-corrected chi connectivity index (χ1v) is 5.37. The Hall–Kier alpha value is -0.650. The lowest BCUT2D eigenvalue weighted by Crippen LogP contribution is -2.06. The SMILES string of the molecule is CSc1c(C(F)(F)F)noc1C1CC1. The highest BCUT2D eigenvalue weighted by atomic mass is 32.2. The van der Waals surface area contributed by atoms with Crippen LogP contribution in [-0.2, 0) is 6.18 Å². The molecule has 1 aromatic heterocycles. The highest BCUT2D eigenvalue weighted by Gasteiger charge is 2.42. The van der Waals surface area contributed by atoms with Gasteiger partial charge in [-0.1, -0.05) is 5.16 Å². The lowest BCUT2D eigenvalue weighted by Gasteiger charge is -2.03. The van der Waals surface area contributed by atoms with E-state index in [1.165, 1.54) is 0 Å². The van der Waals surface area contributed by atoms with Crippen LogP contribution in [0.5, 0.6) is 0 Å². The average Bonchev–Trinajstić information content (AvgIpc) is 2.82. The van der Waals surface area contributed by atoms with Crippen molar-refractivity contribution in [2.24, 2.45) is 0 Å². The van der Waals surface area contributed by atoms with Crippen molar-refractivity contribution in [3.8, 4) is 0 Å². The third-order valence-corrected chi connectivity index (χ3v) is 2.90. The Morgan fingerprint density at radius 1 is 1.43 bits per heavy atom. The fourth-order valence-electron chi connectivity index (χ4n) is 1.28. The van der Waals surface area contributed by atoms with Crippen molar-refractivity contribution in [2.45, 2.75) is 29.8 Å². The van der Waals surface area contributed by atoms with Gasteiger partial charge < -0.3 is 4.52 Å². The molecule has 0 bridgehead atoms. The second kappa shape index (κ2) is 3.18. The number of halogens is 3.